The zero-order valence-electron chi connectivity index (χ0n) is 15.6. The molecule has 3 aliphatic rings. The van der Waals surface area contributed by atoms with Gasteiger partial charge in [-0.15, -0.1) is 0 Å². The lowest BCUT2D eigenvalue weighted by molar-refractivity contribution is -0.186. The number of benzene rings is 2. The molecule has 1 aliphatic carbocycles. The summed E-state index contributed by atoms with van der Waals surface area (Å²) in [6.07, 6.45) is 6.19. The smallest absolute Gasteiger partial charge is 0.168 e. The average Bonchev–Trinajstić information content (AvgIpc) is 3.18. The van der Waals surface area contributed by atoms with Crippen LogP contribution in [0.1, 0.15) is 49.3 Å². The van der Waals surface area contributed by atoms with Crippen molar-refractivity contribution in [2.75, 3.05) is 13.2 Å². The lowest BCUT2D eigenvalue weighted by atomic mass is 9.91. The lowest BCUT2D eigenvalue weighted by Crippen LogP contribution is -2.38. The quantitative estimate of drug-likeness (QED) is 0.781. The van der Waals surface area contributed by atoms with E-state index in [1.165, 1.54) is 11.1 Å². The monoisotopic (exact) mass is 366 g/mol. The van der Waals surface area contributed by atoms with E-state index in [-0.39, 0.29) is 18.0 Å². The first-order valence-corrected chi connectivity index (χ1v) is 10.1. The normalized spacial score (nSPS) is 24.4. The summed E-state index contributed by atoms with van der Waals surface area (Å²) in [5.74, 6) is 1.61. The molecule has 5 rings (SSSR count). The van der Waals surface area contributed by atoms with Crippen molar-refractivity contribution in [3.8, 4) is 11.5 Å². The number of fused-ring (bicyclic) bond motifs is 1. The van der Waals surface area contributed by atoms with E-state index < -0.39 is 0 Å². The first kappa shape index (κ1) is 17.1. The minimum absolute atomic E-state index is 0.145. The van der Waals surface area contributed by atoms with Gasteiger partial charge in [0.05, 0.1) is 19.3 Å². The zero-order valence-corrected chi connectivity index (χ0v) is 15.6. The summed E-state index contributed by atoms with van der Waals surface area (Å²) in [7, 11) is 0. The highest BCUT2D eigenvalue weighted by Crippen LogP contribution is 2.39. The van der Waals surface area contributed by atoms with Crippen LogP contribution in [-0.4, -0.2) is 25.1 Å². The molecule has 2 aromatic rings. The molecule has 1 saturated carbocycles. The first-order chi connectivity index (χ1) is 13.3. The molecule has 4 nitrogen and oxygen atoms in total. The first-order valence-electron chi connectivity index (χ1n) is 10.1. The fraction of sp³-hybridized carbons (Fsp3) is 0.478. The molecular weight excluding hydrogens is 340 g/mol. The van der Waals surface area contributed by atoms with Gasteiger partial charge in [-0.25, -0.2) is 0 Å². The molecule has 142 valence electrons. The maximum absolute atomic E-state index is 6.27. The van der Waals surface area contributed by atoms with Crippen LogP contribution in [0.15, 0.2) is 48.5 Å². The Kier molecular flexibility index (Phi) is 4.54. The molecule has 2 heterocycles. The maximum Gasteiger partial charge on any atom is 0.168 e. The van der Waals surface area contributed by atoms with Gasteiger partial charge < -0.3 is 18.9 Å². The van der Waals surface area contributed by atoms with Crippen molar-refractivity contribution in [2.45, 2.75) is 56.5 Å². The molecule has 0 bridgehead atoms. The van der Waals surface area contributed by atoms with Gasteiger partial charge in [-0.2, -0.15) is 0 Å². The van der Waals surface area contributed by atoms with Gasteiger partial charge in [-0.1, -0.05) is 30.3 Å². The Labute approximate surface area is 160 Å². The van der Waals surface area contributed by atoms with Crippen LogP contribution in [0.3, 0.4) is 0 Å². The molecule has 0 radical (unpaired) electrons. The largest absolute Gasteiger partial charge is 0.490 e. The molecule has 0 aromatic heterocycles. The van der Waals surface area contributed by atoms with E-state index in [1.807, 2.05) is 12.1 Å². The van der Waals surface area contributed by atoms with Gasteiger partial charge in [0, 0.05) is 12.8 Å². The van der Waals surface area contributed by atoms with Gasteiger partial charge in [0.1, 0.15) is 17.6 Å². The SMILES string of the molecule is c1ccc(C2CCc3cc(OC4CCC5(CC4)OCCO5)ccc3O2)cc1. The summed E-state index contributed by atoms with van der Waals surface area (Å²) in [5, 5.41) is 0. The third kappa shape index (κ3) is 3.56. The predicted octanol–water partition coefficient (Wildman–Crippen LogP) is 4.82. The topological polar surface area (TPSA) is 36.9 Å². The second kappa shape index (κ2) is 7.17. The van der Waals surface area contributed by atoms with E-state index in [0.717, 1.165) is 63.2 Å². The molecule has 1 atom stereocenters. The second-order valence-corrected chi connectivity index (χ2v) is 7.75. The Balaban J connectivity index is 1.22. The van der Waals surface area contributed by atoms with Gasteiger partial charge in [0.2, 0.25) is 0 Å². The molecule has 27 heavy (non-hydrogen) atoms. The minimum atomic E-state index is -0.323. The van der Waals surface area contributed by atoms with Crippen LogP contribution < -0.4 is 9.47 Å². The van der Waals surface area contributed by atoms with Crippen molar-refractivity contribution < 1.29 is 18.9 Å². The number of aryl methyl sites for hydroxylation is 1. The van der Waals surface area contributed by atoms with Crippen LogP contribution in [0.4, 0.5) is 0 Å². The van der Waals surface area contributed by atoms with Gasteiger partial charge in [-0.3, -0.25) is 0 Å². The molecule has 0 amide bonds. The number of rotatable bonds is 3. The van der Waals surface area contributed by atoms with Crippen LogP contribution >= 0.6 is 0 Å². The molecular formula is C23H26O4. The molecule has 1 unspecified atom stereocenters. The fourth-order valence-electron chi connectivity index (χ4n) is 4.47. The summed E-state index contributed by atoms with van der Waals surface area (Å²) in [6.45, 7) is 1.45. The number of ether oxygens (including phenoxy) is 4. The van der Waals surface area contributed by atoms with Gasteiger partial charge >= 0.3 is 0 Å². The van der Waals surface area contributed by atoms with Crippen molar-refractivity contribution >= 4 is 0 Å². The second-order valence-electron chi connectivity index (χ2n) is 7.75. The Bertz CT molecular complexity index is 772. The molecule has 1 spiro atoms. The summed E-state index contributed by atoms with van der Waals surface area (Å²) in [5.41, 5.74) is 2.49. The fourth-order valence-corrected chi connectivity index (χ4v) is 4.47. The van der Waals surface area contributed by atoms with Gasteiger partial charge in [-0.05, 0) is 55.0 Å². The summed E-state index contributed by atoms with van der Waals surface area (Å²) in [4.78, 5) is 0. The summed E-state index contributed by atoms with van der Waals surface area (Å²) >= 11 is 0. The molecule has 4 heteroatoms. The van der Waals surface area contributed by atoms with Crippen LogP contribution in [0.2, 0.25) is 0 Å². The highest BCUT2D eigenvalue weighted by atomic mass is 16.7. The molecule has 2 aromatic carbocycles. The Morgan fingerprint density at radius 2 is 1.67 bits per heavy atom. The molecule has 0 N–H and O–H groups in total. The third-order valence-electron chi connectivity index (χ3n) is 5.96. The van der Waals surface area contributed by atoms with Crippen LogP contribution in [-0.2, 0) is 15.9 Å². The van der Waals surface area contributed by atoms with E-state index in [9.17, 15) is 0 Å². The van der Waals surface area contributed by atoms with E-state index in [0.29, 0.717) is 0 Å². The van der Waals surface area contributed by atoms with Crippen LogP contribution in [0.25, 0.3) is 0 Å². The Hall–Kier alpha value is -2.04. The highest BCUT2D eigenvalue weighted by molar-refractivity contribution is 5.42. The Morgan fingerprint density at radius 1 is 0.889 bits per heavy atom. The number of hydrogen-bond acceptors (Lipinski definition) is 4. The molecule has 1 saturated heterocycles. The minimum Gasteiger partial charge on any atom is -0.490 e. The van der Waals surface area contributed by atoms with Gasteiger partial charge in [0.25, 0.3) is 0 Å². The lowest BCUT2D eigenvalue weighted by Gasteiger charge is -2.35. The van der Waals surface area contributed by atoms with Crippen molar-refractivity contribution in [2.24, 2.45) is 0 Å². The maximum atomic E-state index is 6.27. The molecule has 2 aliphatic heterocycles. The van der Waals surface area contributed by atoms with Crippen molar-refractivity contribution in [3.05, 3.63) is 59.7 Å². The van der Waals surface area contributed by atoms with Crippen molar-refractivity contribution in [1.82, 2.24) is 0 Å². The van der Waals surface area contributed by atoms with E-state index in [4.69, 9.17) is 18.9 Å². The van der Waals surface area contributed by atoms with E-state index in [2.05, 4.69) is 36.4 Å². The highest BCUT2D eigenvalue weighted by Gasteiger charge is 2.40. The van der Waals surface area contributed by atoms with Crippen molar-refractivity contribution in [1.29, 1.82) is 0 Å². The zero-order chi connectivity index (χ0) is 18.1. The standard InChI is InChI=1S/C23H26O4/c1-2-4-17(5-3-1)21-8-6-18-16-20(7-9-22(18)27-21)26-19-10-12-23(13-11-19)24-14-15-25-23/h1-5,7,9,16,19,21H,6,8,10-15H2. The average molecular weight is 366 g/mol. The summed E-state index contributed by atoms with van der Waals surface area (Å²) < 4.78 is 24.1. The molecule has 2 fully saturated rings. The Morgan fingerprint density at radius 3 is 2.44 bits per heavy atom. The van der Waals surface area contributed by atoms with E-state index >= 15 is 0 Å². The number of hydrogen-bond donors (Lipinski definition) is 0. The van der Waals surface area contributed by atoms with Gasteiger partial charge in [0.15, 0.2) is 5.79 Å². The van der Waals surface area contributed by atoms with E-state index in [1.54, 1.807) is 0 Å². The van der Waals surface area contributed by atoms with Crippen LogP contribution in [0, 0.1) is 0 Å². The van der Waals surface area contributed by atoms with Crippen LogP contribution in [0.5, 0.6) is 11.5 Å². The van der Waals surface area contributed by atoms with Crippen molar-refractivity contribution in [3.63, 3.8) is 0 Å². The third-order valence-corrected chi connectivity index (χ3v) is 5.96. The predicted molar refractivity (Wildman–Crippen MR) is 102 cm³/mol. The summed E-state index contributed by atoms with van der Waals surface area (Å²) in [6, 6.07) is 16.7.